The predicted octanol–water partition coefficient (Wildman–Crippen LogP) is 4.66. The molecular weight excluding hydrogens is 382 g/mol. The van der Waals surface area contributed by atoms with E-state index >= 15 is 0 Å². The summed E-state index contributed by atoms with van der Waals surface area (Å²) in [5.41, 5.74) is -0.606. The molecule has 0 aliphatic heterocycles. The van der Waals surface area contributed by atoms with E-state index in [2.05, 4.69) is 24.6 Å². The molecule has 3 rings (SSSR count). The van der Waals surface area contributed by atoms with Crippen LogP contribution < -0.4 is 4.74 Å². The first-order valence-electron chi connectivity index (χ1n) is 7.14. The first-order chi connectivity index (χ1) is 12.5. The first-order valence-corrected chi connectivity index (χ1v) is 7.14. The van der Waals surface area contributed by atoms with Crippen molar-refractivity contribution >= 4 is 0 Å². The van der Waals surface area contributed by atoms with E-state index in [1.165, 1.54) is 19.2 Å². The van der Waals surface area contributed by atoms with Gasteiger partial charge < -0.3 is 9.15 Å². The Morgan fingerprint density at radius 3 is 2.37 bits per heavy atom. The molecular formula is C15H8F6N4O2. The zero-order valence-corrected chi connectivity index (χ0v) is 13.3. The molecule has 142 valence electrons. The molecule has 1 aromatic carbocycles. The van der Waals surface area contributed by atoms with Gasteiger partial charge in [-0.3, -0.25) is 0 Å². The number of aryl methyl sites for hydroxylation is 1. The summed E-state index contributed by atoms with van der Waals surface area (Å²) in [4.78, 5) is 7.62. The van der Waals surface area contributed by atoms with Crippen molar-refractivity contribution < 1.29 is 35.5 Å². The highest BCUT2D eigenvalue weighted by molar-refractivity contribution is 5.43. The normalized spacial score (nSPS) is 12.3. The van der Waals surface area contributed by atoms with Gasteiger partial charge in [-0.05, 0) is 25.1 Å². The van der Waals surface area contributed by atoms with Crippen LogP contribution in [0.2, 0.25) is 0 Å². The van der Waals surface area contributed by atoms with Crippen molar-refractivity contribution in [3.8, 4) is 23.3 Å². The summed E-state index contributed by atoms with van der Waals surface area (Å²) >= 11 is 0. The van der Waals surface area contributed by atoms with Crippen LogP contribution in [0.1, 0.15) is 17.0 Å². The van der Waals surface area contributed by atoms with Gasteiger partial charge >= 0.3 is 18.2 Å². The van der Waals surface area contributed by atoms with E-state index < -0.39 is 29.7 Å². The van der Waals surface area contributed by atoms with E-state index in [1.54, 1.807) is 0 Å². The van der Waals surface area contributed by atoms with Crippen molar-refractivity contribution in [3.63, 3.8) is 0 Å². The van der Waals surface area contributed by atoms with Crippen LogP contribution in [-0.4, -0.2) is 20.2 Å². The highest BCUT2D eigenvalue weighted by Crippen LogP contribution is 2.33. The molecule has 0 aliphatic carbocycles. The summed E-state index contributed by atoms with van der Waals surface area (Å²) in [7, 11) is 0. The van der Waals surface area contributed by atoms with Gasteiger partial charge in [-0.2, -0.15) is 31.3 Å². The van der Waals surface area contributed by atoms with Gasteiger partial charge in [0.15, 0.2) is 0 Å². The van der Waals surface area contributed by atoms with Gasteiger partial charge in [0.05, 0.1) is 5.56 Å². The van der Waals surface area contributed by atoms with Crippen molar-refractivity contribution in [1.29, 1.82) is 0 Å². The Hall–Kier alpha value is -3.18. The minimum Gasteiger partial charge on any atom is -0.439 e. The molecule has 0 unspecified atom stereocenters. The Morgan fingerprint density at radius 1 is 1.00 bits per heavy atom. The third kappa shape index (κ3) is 4.15. The van der Waals surface area contributed by atoms with E-state index in [0.29, 0.717) is 5.56 Å². The molecule has 0 bridgehead atoms. The maximum absolute atomic E-state index is 12.8. The summed E-state index contributed by atoms with van der Waals surface area (Å²) in [6.45, 7) is 1.50. The van der Waals surface area contributed by atoms with Crippen LogP contribution in [0.15, 0.2) is 34.9 Å². The van der Waals surface area contributed by atoms with E-state index in [4.69, 9.17) is 4.74 Å². The number of hydrogen-bond acceptors (Lipinski definition) is 6. The lowest BCUT2D eigenvalue weighted by atomic mass is 10.2. The fraction of sp³-hybridized carbons (Fsp3) is 0.200. The fourth-order valence-electron chi connectivity index (χ4n) is 1.91. The Morgan fingerprint density at radius 2 is 1.74 bits per heavy atom. The standard InChI is InChI=1S/C15H8F6N4O2/c1-7-6-22-10(12-24-25-13(27-12)15(19,20)21)23-11(7)26-9-4-2-3-8(5-9)14(16,17)18/h2-6H,1H3. The monoisotopic (exact) mass is 390 g/mol. The molecule has 3 aromatic rings. The van der Waals surface area contributed by atoms with Gasteiger partial charge in [0.1, 0.15) is 5.75 Å². The summed E-state index contributed by atoms with van der Waals surface area (Å²) in [6, 6.07) is 4.03. The van der Waals surface area contributed by atoms with E-state index in [0.717, 1.165) is 18.2 Å². The van der Waals surface area contributed by atoms with Crippen LogP contribution in [0.4, 0.5) is 26.3 Å². The average molecular weight is 390 g/mol. The average Bonchev–Trinajstić information content (AvgIpc) is 3.07. The number of halogens is 6. The topological polar surface area (TPSA) is 73.9 Å². The number of ether oxygens (including phenoxy) is 1. The lowest BCUT2D eigenvalue weighted by molar-refractivity contribution is -0.157. The summed E-state index contributed by atoms with van der Waals surface area (Å²) < 4.78 is 85.7. The number of nitrogens with zero attached hydrogens (tertiary/aromatic N) is 4. The van der Waals surface area contributed by atoms with Crippen molar-refractivity contribution in [1.82, 2.24) is 20.2 Å². The molecule has 0 aliphatic rings. The molecule has 0 fully saturated rings. The summed E-state index contributed by atoms with van der Waals surface area (Å²) in [6.07, 6.45) is -8.21. The van der Waals surface area contributed by atoms with E-state index in [9.17, 15) is 26.3 Å². The molecule has 27 heavy (non-hydrogen) atoms. The number of rotatable bonds is 3. The van der Waals surface area contributed by atoms with Crippen LogP contribution in [0.5, 0.6) is 11.6 Å². The SMILES string of the molecule is Cc1cnc(-c2nnc(C(F)(F)F)o2)nc1Oc1cccc(C(F)(F)F)c1. The smallest absolute Gasteiger partial charge is 0.439 e. The number of alkyl halides is 6. The molecule has 0 N–H and O–H groups in total. The molecule has 2 aromatic heterocycles. The second-order valence-electron chi connectivity index (χ2n) is 5.22. The van der Waals surface area contributed by atoms with E-state index in [-0.39, 0.29) is 17.5 Å². The molecule has 0 atom stereocenters. The number of aromatic nitrogens is 4. The van der Waals surface area contributed by atoms with Gasteiger partial charge in [-0.1, -0.05) is 6.07 Å². The van der Waals surface area contributed by atoms with Crippen LogP contribution in [0, 0.1) is 6.92 Å². The summed E-state index contributed by atoms with van der Waals surface area (Å²) in [5, 5.41) is 6.06. The zero-order valence-electron chi connectivity index (χ0n) is 13.3. The maximum Gasteiger partial charge on any atom is 0.470 e. The van der Waals surface area contributed by atoms with Gasteiger partial charge in [0, 0.05) is 11.8 Å². The molecule has 0 radical (unpaired) electrons. The van der Waals surface area contributed by atoms with Crippen LogP contribution >= 0.6 is 0 Å². The summed E-state index contributed by atoms with van der Waals surface area (Å²) in [5.74, 6) is -2.91. The molecule has 0 spiro atoms. The quantitative estimate of drug-likeness (QED) is 0.606. The van der Waals surface area contributed by atoms with Crippen LogP contribution in [0.3, 0.4) is 0 Å². The lowest BCUT2D eigenvalue weighted by Crippen LogP contribution is -2.05. The number of benzene rings is 1. The van der Waals surface area contributed by atoms with Gasteiger partial charge in [-0.25, -0.2) is 4.98 Å². The third-order valence-electron chi connectivity index (χ3n) is 3.16. The third-order valence-corrected chi connectivity index (χ3v) is 3.16. The molecule has 0 amide bonds. The predicted molar refractivity (Wildman–Crippen MR) is 76.6 cm³/mol. The molecule has 12 heteroatoms. The Balaban J connectivity index is 1.92. The first kappa shape index (κ1) is 18.6. The minimum absolute atomic E-state index is 0.168. The van der Waals surface area contributed by atoms with Gasteiger partial charge in [0.2, 0.25) is 11.7 Å². The van der Waals surface area contributed by atoms with Crippen molar-refractivity contribution in [2.45, 2.75) is 19.3 Å². The largest absolute Gasteiger partial charge is 0.470 e. The van der Waals surface area contributed by atoms with Gasteiger partial charge in [0.25, 0.3) is 5.89 Å². The molecule has 2 heterocycles. The lowest BCUT2D eigenvalue weighted by Gasteiger charge is -2.11. The second-order valence-corrected chi connectivity index (χ2v) is 5.22. The van der Waals surface area contributed by atoms with Crippen molar-refractivity contribution in [3.05, 3.63) is 47.5 Å². The molecule has 0 saturated heterocycles. The molecule has 6 nitrogen and oxygen atoms in total. The fourth-order valence-corrected chi connectivity index (χ4v) is 1.91. The van der Waals surface area contributed by atoms with Crippen LogP contribution in [-0.2, 0) is 12.4 Å². The van der Waals surface area contributed by atoms with Crippen molar-refractivity contribution in [2.24, 2.45) is 0 Å². The van der Waals surface area contributed by atoms with Crippen molar-refractivity contribution in [2.75, 3.05) is 0 Å². The zero-order chi connectivity index (χ0) is 19.8. The highest BCUT2D eigenvalue weighted by Gasteiger charge is 2.38. The Labute approximate surface area is 146 Å². The Kier molecular flexibility index (Phi) is 4.49. The van der Waals surface area contributed by atoms with Crippen LogP contribution in [0.25, 0.3) is 11.7 Å². The minimum atomic E-state index is -4.84. The van der Waals surface area contributed by atoms with E-state index in [1.807, 2.05) is 0 Å². The second kappa shape index (κ2) is 6.52. The highest BCUT2D eigenvalue weighted by atomic mass is 19.4. The molecule has 0 saturated carbocycles. The van der Waals surface area contributed by atoms with Gasteiger partial charge in [-0.15, -0.1) is 10.2 Å². The number of hydrogen-bond donors (Lipinski definition) is 0. The Bertz CT molecular complexity index is 967. The maximum atomic E-state index is 12.8.